The average molecular weight is 346 g/mol. The Morgan fingerprint density at radius 3 is 2.52 bits per heavy atom. The summed E-state index contributed by atoms with van der Waals surface area (Å²) in [5.74, 6) is -1.57. The molecule has 2 aromatic rings. The molecule has 3 rings (SSSR count). The molecule has 0 radical (unpaired) electrons. The lowest BCUT2D eigenvalue weighted by Crippen LogP contribution is -2.39. The summed E-state index contributed by atoms with van der Waals surface area (Å²) in [4.78, 5) is 55.3. The number of carbonyl (C=O) groups excluding carboxylic acids is 1. The van der Waals surface area contributed by atoms with Crippen LogP contribution in [0.4, 0.5) is 0 Å². The Hall–Kier alpha value is -2.97. The zero-order valence-electron chi connectivity index (χ0n) is 13.6. The van der Waals surface area contributed by atoms with Crippen molar-refractivity contribution in [1.82, 2.24) is 20.3 Å². The number of H-pyrrole nitrogens is 2. The van der Waals surface area contributed by atoms with Crippen LogP contribution in [0.15, 0.2) is 15.7 Å². The molecule has 9 nitrogen and oxygen atoms in total. The third-order valence-electron chi connectivity index (χ3n) is 4.55. The molecule has 0 aromatic carbocycles. The molecule has 1 amide bonds. The third kappa shape index (κ3) is 3.44. The van der Waals surface area contributed by atoms with Gasteiger partial charge >= 0.3 is 11.7 Å². The van der Waals surface area contributed by atoms with Crippen molar-refractivity contribution in [2.45, 2.75) is 38.6 Å². The number of nitrogens with zero attached hydrogens (tertiary/aromatic N) is 1. The zero-order chi connectivity index (χ0) is 18.1. The summed E-state index contributed by atoms with van der Waals surface area (Å²) in [6, 6.07) is 1.38. The minimum absolute atomic E-state index is 0.0634. The maximum absolute atomic E-state index is 12.4. The molecule has 1 aliphatic rings. The first-order valence-electron chi connectivity index (χ1n) is 8.03. The average Bonchev–Trinajstić information content (AvgIpc) is 2.54. The van der Waals surface area contributed by atoms with Crippen LogP contribution in [0.3, 0.4) is 0 Å². The molecule has 25 heavy (non-hydrogen) atoms. The van der Waals surface area contributed by atoms with Crippen LogP contribution in [0.5, 0.6) is 0 Å². The van der Waals surface area contributed by atoms with Crippen molar-refractivity contribution in [2.75, 3.05) is 0 Å². The van der Waals surface area contributed by atoms with Crippen LogP contribution in [0, 0.1) is 12.8 Å². The van der Waals surface area contributed by atoms with Crippen molar-refractivity contribution in [3.8, 4) is 0 Å². The number of pyridine rings is 1. The number of hydrogen-bond donors (Lipinski definition) is 4. The Kier molecular flexibility index (Phi) is 4.39. The van der Waals surface area contributed by atoms with Gasteiger partial charge in [0.1, 0.15) is 11.3 Å². The van der Waals surface area contributed by atoms with E-state index in [1.807, 2.05) is 0 Å². The minimum Gasteiger partial charge on any atom is -0.481 e. The number of aromatic nitrogens is 3. The lowest BCUT2D eigenvalue weighted by atomic mass is 9.86. The zero-order valence-corrected chi connectivity index (χ0v) is 13.6. The second-order valence-electron chi connectivity index (χ2n) is 6.32. The number of carboxylic acid groups (broad SMARTS) is 1. The van der Waals surface area contributed by atoms with E-state index in [1.165, 1.54) is 6.07 Å². The molecule has 1 fully saturated rings. The van der Waals surface area contributed by atoms with Crippen molar-refractivity contribution in [3.63, 3.8) is 0 Å². The number of rotatable bonds is 3. The summed E-state index contributed by atoms with van der Waals surface area (Å²) in [7, 11) is 0. The Balaban J connectivity index is 1.80. The summed E-state index contributed by atoms with van der Waals surface area (Å²) in [6.45, 7) is 1.66. The maximum atomic E-state index is 12.4. The molecule has 1 aliphatic carbocycles. The van der Waals surface area contributed by atoms with Gasteiger partial charge in [-0.25, -0.2) is 9.78 Å². The van der Waals surface area contributed by atoms with E-state index in [1.54, 1.807) is 6.92 Å². The standard InChI is InChI=1S/C16H18N4O5/c1-7-6-10(18-12-11(7)14(22)20-16(25)19-12)13(21)17-9-4-2-8(3-5-9)15(23)24/h6,8-9H,2-5H2,1H3,(H,17,21)(H,23,24)(H2,18,19,20,22,25). The van der Waals surface area contributed by atoms with Gasteiger partial charge in [-0.3, -0.25) is 24.4 Å². The molecule has 132 valence electrons. The van der Waals surface area contributed by atoms with Crippen LogP contribution in [0.1, 0.15) is 41.7 Å². The maximum Gasteiger partial charge on any atom is 0.327 e. The molecule has 2 heterocycles. The van der Waals surface area contributed by atoms with Crippen molar-refractivity contribution < 1.29 is 14.7 Å². The SMILES string of the molecule is Cc1cc(C(=O)NC2CCC(C(=O)O)CC2)nc2[nH]c(=O)[nH]c(=O)c12. The van der Waals surface area contributed by atoms with Crippen LogP contribution in [-0.2, 0) is 4.79 Å². The van der Waals surface area contributed by atoms with Crippen molar-refractivity contribution in [2.24, 2.45) is 5.92 Å². The molecule has 2 aromatic heterocycles. The summed E-state index contributed by atoms with van der Waals surface area (Å²) in [6.07, 6.45) is 2.22. The molecule has 0 saturated heterocycles. The predicted molar refractivity (Wildman–Crippen MR) is 88.6 cm³/mol. The smallest absolute Gasteiger partial charge is 0.327 e. The van der Waals surface area contributed by atoms with Gasteiger partial charge in [-0.15, -0.1) is 0 Å². The van der Waals surface area contributed by atoms with Gasteiger partial charge in [-0.2, -0.15) is 0 Å². The van der Waals surface area contributed by atoms with Gasteiger partial charge in [0.15, 0.2) is 0 Å². The van der Waals surface area contributed by atoms with Crippen LogP contribution in [0.25, 0.3) is 11.0 Å². The molecule has 0 bridgehead atoms. The predicted octanol–water partition coefficient (Wildman–Crippen LogP) is 0.293. The van der Waals surface area contributed by atoms with Crippen LogP contribution >= 0.6 is 0 Å². The summed E-state index contributed by atoms with van der Waals surface area (Å²) in [5.41, 5.74) is -0.543. The van der Waals surface area contributed by atoms with Gasteiger partial charge in [0, 0.05) is 6.04 Å². The van der Waals surface area contributed by atoms with Crippen molar-refractivity contribution in [3.05, 3.63) is 38.2 Å². The summed E-state index contributed by atoms with van der Waals surface area (Å²) >= 11 is 0. The number of hydrogen-bond acceptors (Lipinski definition) is 5. The number of nitrogens with one attached hydrogen (secondary N) is 3. The molecule has 0 spiro atoms. The highest BCUT2D eigenvalue weighted by atomic mass is 16.4. The molecule has 0 atom stereocenters. The van der Waals surface area contributed by atoms with E-state index in [2.05, 4.69) is 20.3 Å². The van der Waals surface area contributed by atoms with E-state index in [-0.39, 0.29) is 28.7 Å². The van der Waals surface area contributed by atoms with Crippen LogP contribution in [-0.4, -0.2) is 38.0 Å². The number of aryl methyl sites for hydroxylation is 1. The highest BCUT2D eigenvalue weighted by molar-refractivity contribution is 5.95. The Bertz CT molecular complexity index is 953. The number of aliphatic carboxylic acids is 1. The van der Waals surface area contributed by atoms with Crippen molar-refractivity contribution >= 4 is 22.9 Å². The first kappa shape index (κ1) is 16.9. The normalized spacial score (nSPS) is 20.4. The van der Waals surface area contributed by atoms with Gasteiger partial charge < -0.3 is 10.4 Å². The van der Waals surface area contributed by atoms with Gasteiger partial charge in [-0.05, 0) is 44.2 Å². The third-order valence-corrected chi connectivity index (χ3v) is 4.55. The highest BCUT2D eigenvalue weighted by Crippen LogP contribution is 2.24. The lowest BCUT2D eigenvalue weighted by molar-refractivity contribution is -0.142. The van der Waals surface area contributed by atoms with E-state index >= 15 is 0 Å². The number of carboxylic acids is 1. The highest BCUT2D eigenvalue weighted by Gasteiger charge is 2.27. The molecule has 9 heteroatoms. The van der Waals surface area contributed by atoms with E-state index in [0.29, 0.717) is 31.2 Å². The van der Waals surface area contributed by atoms with E-state index < -0.39 is 23.1 Å². The molecule has 0 aliphatic heterocycles. The first-order chi connectivity index (χ1) is 11.8. The second kappa shape index (κ2) is 6.50. The number of carbonyl (C=O) groups is 2. The Morgan fingerprint density at radius 2 is 1.88 bits per heavy atom. The van der Waals surface area contributed by atoms with Gasteiger partial charge in [0.25, 0.3) is 11.5 Å². The fourth-order valence-corrected chi connectivity index (χ4v) is 3.21. The van der Waals surface area contributed by atoms with E-state index in [4.69, 9.17) is 5.11 Å². The van der Waals surface area contributed by atoms with Gasteiger partial charge in [-0.1, -0.05) is 0 Å². The largest absolute Gasteiger partial charge is 0.481 e. The monoisotopic (exact) mass is 346 g/mol. The lowest BCUT2D eigenvalue weighted by Gasteiger charge is -2.26. The van der Waals surface area contributed by atoms with Crippen LogP contribution in [0.2, 0.25) is 0 Å². The van der Waals surface area contributed by atoms with E-state index in [9.17, 15) is 19.2 Å². The Morgan fingerprint density at radius 1 is 1.20 bits per heavy atom. The van der Waals surface area contributed by atoms with Crippen LogP contribution < -0.4 is 16.6 Å². The molecular formula is C16H18N4O5. The number of fused-ring (bicyclic) bond motifs is 1. The van der Waals surface area contributed by atoms with Gasteiger partial charge in [0.05, 0.1) is 11.3 Å². The minimum atomic E-state index is -0.800. The first-order valence-corrected chi connectivity index (χ1v) is 8.03. The van der Waals surface area contributed by atoms with Crippen molar-refractivity contribution in [1.29, 1.82) is 0 Å². The second-order valence-corrected chi connectivity index (χ2v) is 6.32. The van der Waals surface area contributed by atoms with E-state index in [0.717, 1.165) is 0 Å². The summed E-state index contributed by atoms with van der Waals surface area (Å²) < 4.78 is 0. The quantitative estimate of drug-likeness (QED) is 0.628. The van der Waals surface area contributed by atoms with Gasteiger partial charge in [0.2, 0.25) is 0 Å². The topological polar surface area (TPSA) is 145 Å². The molecule has 0 unspecified atom stereocenters. The molecule has 1 saturated carbocycles. The fraction of sp³-hybridized carbons (Fsp3) is 0.438. The molecular weight excluding hydrogens is 328 g/mol. The fourth-order valence-electron chi connectivity index (χ4n) is 3.21. The number of amides is 1. The molecule has 4 N–H and O–H groups in total. The Labute approximate surface area is 141 Å². The number of aromatic amines is 2. The summed E-state index contributed by atoms with van der Waals surface area (Å²) in [5, 5.41) is 12.1.